The van der Waals surface area contributed by atoms with Gasteiger partial charge in [0.1, 0.15) is 5.82 Å². The zero-order valence-electron chi connectivity index (χ0n) is 14.1. The van der Waals surface area contributed by atoms with Gasteiger partial charge in [-0.25, -0.2) is 9.78 Å². The first-order chi connectivity index (χ1) is 11.6. The van der Waals surface area contributed by atoms with Crippen molar-refractivity contribution in [3.05, 3.63) is 52.6 Å². The Morgan fingerprint density at radius 3 is 2.71 bits per heavy atom. The Hall–Kier alpha value is -2.56. The van der Waals surface area contributed by atoms with Crippen molar-refractivity contribution in [1.29, 1.82) is 0 Å². The Morgan fingerprint density at radius 2 is 1.96 bits per heavy atom. The van der Waals surface area contributed by atoms with Crippen LogP contribution in [-0.2, 0) is 7.05 Å². The molecule has 124 valence electrons. The number of anilines is 2. The topological polar surface area (TPSA) is 51.9 Å². The maximum Gasteiger partial charge on any atom is 0.329 e. The van der Waals surface area contributed by atoms with Gasteiger partial charge in [0.2, 0.25) is 0 Å². The molecule has 0 unspecified atom stereocenters. The molecule has 5 nitrogen and oxygen atoms in total. The van der Waals surface area contributed by atoms with Crippen LogP contribution in [0.3, 0.4) is 0 Å². The molecule has 0 saturated heterocycles. The van der Waals surface area contributed by atoms with Gasteiger partial charge in [0.05, 0.1) is 17.2 Å². The molecule has 2 heterocycles. The molecule has 3 aromatic rings. The Labute approximate surface area is 140 Å². The van der Waals surface area contributed by atoms with Crippen molar-refractivity contribution in [2.24, 2.45) is 7.05 Å². The molecule has 1 aromatic carbocycles. The summed E-state index contributed by atoms with van der Waals surface area (Å²) in [7, 11) is 1.82. The monoisotopic (exact) mass is 322 g/mol. The molecule has 0 spiro atoms. The summed E-state index contributed by atoms with van der Waals surface area (Å²) in [5.41, 5.74) is 4.13. The van der Waals surface area contributed by atoms with E-state index in [-0.39, 0.29) is 5.69 Å². The number of hydrogen-bond donors (Lipinski definition) is 1. The molecule has 0 bridgehead atoms. The average molecular weight is 322 g/mol. The minimum Gasteiger partial charge on any atom is -0.340 e. The van der Waals surface area contributed by atoms with Gasteiger partial charge in [-0.1, -0.05) is 25.0 Å². The van der Waals surface area contributed by atoms with Crippen molar-refractivity contribution in [2.45, 2.75) is 38.6 Å². The van der Waals surface area contributed by atoms with Crippen molar-refractivity contribution in [3.8, 4) is 0 Å². The summed E-state index contributed by atoms with van der Waals surface area (Å²) in [4.78, 5) is 17.2. The molecule has 0 amide bonds. The molecule has 0 radical (unpaired) electrons. The summed E-state index contributed by atoms with van der Waals surface area (Å²) in [6.07, 6.45) is 6.37. The molecule has 4 rings (SSSR count). The van der Waals surface area contributed by atoms with E-state index in [0.717, 1.165) is 35.4 Å². The summed E-state index contributed by atoms with van der Waals surface area (Å²) in [5.74, 6) is 0.769. The third-order valence-electron chi connectivity index (χ3n) is 4.96. The number of aryl methyl sites for hydroxylation is 2. The molecule has 1 fully saturated rings. The minimum atomic E-state index is 0.0615. The lowest BCUT2D eigenvalue weighted by molar-refractivity contribution is 0.509. The number of imidazole rings is 1. The smallest absolute Gasteiger partial charge is 0.329 e. The fraction of sp³-hybridized carbons (Fsp3) is 0.368. The number of rotatable bonds is 3. The van der Waals surface area contributed by atoms with E-state index < -0.39 is 0 Å². The molecule has 1 aliphatic rings. The highest BCUT2D eigenvalue weighted by atomic mass is 16.1. The van der Waals surface area contributed by atoms with Gasteiger partial charge in [-0.2, -0.15) is 0 Å². The number of pyridine rings is 1. The van der Waals surface area contributed by atoms with Crippen LogP contribution in [0, 0.1) is 6.92 Å². The van der Waals surface area contributed by atoms with Crippen LogP contribution >= 0.6 is 0 Å². The normalized spacial score (nSPS) is 15.2. The van der Waals surface area contributed by atoms with Gasteiger partial charge in [0, 0.05) is 24.8 Å². The van der Waals surface area contributed by atoms with E-state index in [2.05, 4.69) is 29.4 Å². The van der Waals surface area contributed by atoms with Gasteiger partial charge >= 0.3 is 5.69 Å². The van der Waals surface area contributed by atoms with Crippen molar-refractivity contribution in [2.75, 3.05) is 5.32 Å². The Kier molecular flexibility index (Phi) is 3.63. The van der Waals surface area contributed by atoms with Crippen LogP contribution in [0.15, 0.2) is 41.3 Å². The zero-order chi connectivity index (χ0) is 16.7. The average Bonchev–Trinajstić information content (AvgIpc) is 3.16. The van der Waals surface area contributed by atoms with E-state index in [1.807, 2.05) is 29.8 Å². The summed E-state index contributed by atoms with van der Waals surface area (Å²) >= 11 is 0. The minimum absolute atomic E-state index is 0.0615. The highest BCUT2D eigenvalue weighted by Crippen LogP contribution is 2.31. The first-order valence-electron chi connectivity index (χ1n) is 8.54. The van der Waals surface area contributed by atoms with Crippen molar-refractivity contribution >= 4 is 22.5 Å². The van der Waals surface area contributed by atoms with E-state index >= 15 is 0 Å². The van der Waals surface area contributed by atoms with E-state index in [4.69, 9.17) is 0 Å². The molecule has 1 N–H and O–H groups in total. The van der Waals surface area contributed by atoms with Crippen LogP contribution in [0.2, 0.25) is 0 Å². The first kappa shape index (κ1) is 15.0. The second kappa shape index (κ2) is 5.82. The van der Waals surface area contributed by atoms with Gasteiger partial charge in [-0.15, -0.1) is 0 Å². The highest BCUT2D eigenvalue weighted by Gasteiger charge is 2.23. The predicted octanol–water partition coefficient (Wildman–Crippen LogP) is 3.90. The number of nitrogens with one attached hydrogen (secondary N) is 1. The van der Waals surface area contributed by atoms with Crippen LogP contribution in [0.5, 0.6) is 0 Å². The summed E-state index contributed by atoms with van der Waals surface area (Å²) in [6, 6.07) is 10.5. The number of hydrogen-bond acceptors (Lipinski definition) is 3. The lowest BCUT2D eigenvalue weighted by Gasteiger charge is -2.12. The third kappa shape index (κ3) is 2.50. The predicted molar refractivity (Wildman–Crippen MR) is 96.9 cm³/mol. The largest absolute Gasteiger partial charge is 0.340 e. The first-order valence-corrected chi connectivity index (χ1v) is 8.54. The molecule has 24 heavy (non-hydrogen) atoms. The molecule has 5 heteroatoms. The SMILES string of the molecule is Cc1cccc(Nc2cc3c(cn2)n(C)c(=O)n3C2CCCC2)c1. The molecule has 0 atom stereocenters. The van der Waals surface area contributed by atoms with Crippen molar-refractivity contribution in [1.82, 2.24) is 14.1 Å². The number of nitrogens with zero attached hydrogens (tertiary/aromatic N) is 3. The summed E-state index contributed by atoms with van der Waals surface area (Å²) in [6.45, 7) is 2.07. The van der Waals surface area contributed by atoms with Gasteiger partial charge in [-0.3, -0.25) is 9.13 Å². The number of fused-ring (bicyclic) bond motifs is 1. The van der Waals surface area contributed by atoms with Crippen molar-refractivity contribution < 1.29 is 0 Å². The zero-order valence-corrected chi connectivity index (χ0v) is 14.1. The number of benzene rings is 1. The second-order valence-electron chi connectivity index (χ2n) is 6.70. The van der Waals surface area contributed by atoms with E-state index in [9.17, 15) is 4.79 Å². The standard InChI is InChI=1S/C19H22N4O/c1-13-6-5-7-14(10-13)21-18-11-16-17(12-20-18)22(2)19(24)23(16)15-8-3-4-9-15/h5-7,10-12,15H,3-4,8-9H2,1-2H3,(H,20,21). The molecule has 2 aromatic heterocycles. The van der Waals surface area contributed by atoms with Gasteiger partial charge in [-0.05, 0) is 37.5 Å². The molecule has 0 aliphatic heterocycles. The Balaban J connectivity index is 1.79. The molecule has 1 saturated carbocycles. The molecular formula is C19H22N4O. The van der Waals surface area contributed by atoms with Gasteiger partial charge < -0.3 is 5.32 Å². The lowest BCUT2D eigenvalue weighted by Crippen LogP contribution is -2.24. The van der Waals surface area contributed by atoms with Crippen LogP contribution in [0.1, 0.15) is 37.3 Å². The van der Waals surface area contributed by atoms with Gasteiger partial charge in [0.25, 0.3) is 0 Å². The quantitative estimate of drug-likeness (QED) is 0.795. The maximum absolute atomic E-state index is 12.7. The van der Waals surface area contributed by atoms with Crippen LogP contribution in [0.4, 0.5) is 11.5 Å². The second-order valence-corrected chi connectivity index (χ2v) is 6.70. The summed E-state index contributed by atoms with van der Waals surface area (Å²) in [5, 5.41) is 3.35. The Bertz CT molecular complexity index is 948. The van der Waals surface area contributed by atoms with Gasteiger partial charge in [0.15, 0.2) is 0 Å². The summed E-state index contributed by atoms with van der Waals surface area (Å²) < 4.78 is 3.67. The Morgan fingerprint density at radius 1 is 1.17 bits per heavy atom. The van der Waals surface area contributed by atoms with E-state index in [1.54, 1.807) is 10.8 Å². The van der Waals surface area contributed by atoms with Crippen LogP contribution in [0.25, 0.3) is 11.0 Å². The maximum atomic E-state index is 12.7. The number of aromatic nitrogens is 3. The highest BCUT2D eigenvalue weighted by molar-refractivity contribution is 5.79. The van der Waals surface area contributed by atoms with E-state index in [0.29, 0.717) is 6.04 Å². The third-order valence-corrected chi connectivity index (χ3v) is 4.96. The molecular weight excluding hydrogens is 300 g/mol. The van der Waals surface area contributed by atoms with Crippen LogP contribution in [-0.4, -0.2) is 14.1 Å². The lowest BCUT2D eigenvalue weighted by atomic mass is 10.2. The van der Waals surface area contributed by atoms with Crippen LogP contribution < -0.4 is 11.0 Å². The molecule has 1 aliphatic carbocycles. The fourth-order valence-corrected chi connectivity index (χ4v) is 3.71. The van der Waals surface area contributed by atoms with Crippen molar-refractivity contribution in [3.63, 3.8) is 0 Å². The fourth-order valence-electron chi connectivity index (χ4n) is 3.71. The van der Waals surface area contributed by atoms with E-state index in [1.165, 1.54) is 18.4 Å².